The minimum Gasteiger partial charge on any atom is -0.386 e. The second-order valence-corrected chi connectivity index (χ2v) is 5.56. The van der Waals surface area contributed by atoms with E-state index in [1.165, 1.54) is 12.1 Å². The molecule has 0 bridgehead atoms. The van der Waals surface area contributed by atoms with E-state index >= 15 is 0 Å². The molecule has 0 aliphatic carbocycles. The van der Waals surface area contributed by atoms with Crippen molar-refractivity contribution < 1.29 is 14.3 Å². The highest BCUT2D eigenvalue weighted by Gasteiger charge is 2.15. The highest BCUT2D eigenvalue weighted by atomic mass is 35.5. The Morgan fingerprint density at radius 2 is 1.08 bits per heavy atom. The molecule has 4 heteroatoms. The van der Waals surface area contributed by atoms with Crippen molar-refractivity contribution in [2.75, 3.05) is 0 Å². The first kappa shape index (κ1) is 16.0. The molecule has 0 saturated heterocycles. The van der Waals surface area contributed by atoms with E-state index in [-0.39, 0.29) is 5.56 Å². The summed E-state index contributed by atoms with van der Waals surface area (Å²) < 4.78 is 4.89. The number of rotatable bonds is 3. The number of hydrogen-bond donors (Lipinski definition) is 0. The van der Waals surface area contributed by atoms with Crippen LogP contribution in [0.15, 0.2) is 78.9 Å². The highest BCUT2D eigenvalue weighted by Crippen LogP contribution is 2.20. The second-order valence-electron chi connectivity index (χ2n) is 5.13. The van der Waals surface area contributed by atoms with Crippen molar-refractivity contribution in [3.05, 3.63) is 95.0 Å². The van der Waals surface area contributed by atoms with Crippen LogP contribution in [0.4, 0.5) is 0 Å². The van der Waals surface area contributed by atoms with Crippen LogP contribution in [0.3, 0.4) is 0 Å². The van der Waals surface area contributed by atoms with Crippen LogP contribution in [0.1, 0.15) is 20.7 Å². The van der Waals surface area contributed by atoms with Gasteiger partial charge in [0, 0.05) is 5.02 Å². The Labute approximate surface area is 144 Å². The van der Waals surface area contributed by atoms with Gasteiger partial charge in [-0.25, -0.2) is 9.59 Å². The van der Waals surface area contributed by atoms with Gasteiger partial charge in [0.15, 0.2) is 0 Å². The quantitative estimate of drug-likeness (QED) is 0.499. The summed E-state index contributed by atoms with van der Waals surface area (Å²) >= 11 is 5.76. The van der Waals surface area contributed by atoms with Gasteiger partial charge in [-0.15, -0.1) is 0 Å². The number of hydrogen-bond acceptors (Lipinski definition) is 3. The van der Waals surface area contributed by atoms with E-state index in [0.717, 1.165) is 11.1 Å². The Hall–Kier alpha value is -2.91. The topological polar surface area (TPSA) is 43.4 Å². The molecule has 0 fully saturated rings. The molecule has 0 heterocycles. The lowest BCUT2D eigenvalue weighted by Gasteiger charge is -2.05. The van der Waals surface area contributed by atoms with E-state index in [2.05, 4.69) is 0 Å². The van der Waals surface area contributed by atoms with Crippen molar-refractivity contribution in [1.82, 2.24) is 0 Å². The highest BCUT2D eigenvalue weighted by molar-refractivity contribution is 6.30. The van der Waals surface area contributed by atoms with Crippen molar-refractivity contribution >= 4 is 23.5 Å². The van der Waals surface area contributed by atoms with Gasteiger partial charge in [-0.05, 0) is 47.5 Å². The number of esters is 2. The number of halogens is 1. The molecule has 3 nitrogen and oxygen atoms in total. The van der Waals surface area contributed by atoms with Crippen molar-refractivity contribution in [2.45, 2.75) is 0 Å². The zero-order valence-electron chi connectivity index (χ0n) is 12.6. The number of ether oxygens (including phenoxy) is 1. The maximum atomic E-state index is 12.1. The lowest BCUT2D eigenvalue weighted by Crippen LogP contribution is -2.12. The van der Waals surface area contributed by atoms with Crippen LogP contribution in [-0.4, -0.2) is 11.9 Å². The van der Waals surface area contributed by atoms with Crippen LogP contribution in [0.2, 0.25) is 5.02 Å². The van der Waals surface area contributed by atoms with Gasteiger partial charge < -0.3 is 4.74 Å². The van der Waals surface area contributed by atoms with Crippen molar-refractivity contribution in [2.24, 2.45) is 0 Å². The monoisotopic (exact) mass is 336 g/mol. The molecule has 0 radical (unpaired) electrons. The predicted octanol–water partition coefficient (Wildman–Crippen LogP) is 5.00. The van der Waals surface area contributed by atoms with Gasteiger partial charge in [0.05, 0.1) is 11.1 Å². The van der Waals surface area contributed by atoms with Gasteiger partial charge >= 0.3 is 11.9 Å². The zero-order valence-corrected chi connectivity index (χ0v) is 13.4. The summed E-state index contributed by atoms with van der Waals surface area (Å²) in [6, 6.07) is 22.9. The second kappa shape index (κ2) is 7.11. The van der Waals surface area contributed by atoms with Crippen LogP contribution >= 0.6 is 11.6 Å². The van der Waals surface area contributed by atoms with Gasteiger partial charge in [-0.1, -0.05) is 54.1 Å². The molecule has 0 atom stereocenters. The maximum absolute atomic E-state index is 12.1. The summed E-state index contributed by atoms with van der Waals surface area (Å²) in [5, 5.41) is 0.509. The largest absolute Gasteiger partial charge is 0.386 e. The third-order valence-electron chi connectivity index (χ3n) is 3.49. The minimum absolute atomic E-state index is 0.272. The van der Waals surface area contributed by atoms with Crippen LogP contribution < -0.4 is 0 Å². The summed E-state index contributed by atoms with van der Waals surface area (Å²) in [5.74, 6) is -1.39. The summed E-state index contributed by atoms with van der Waals surface area (Å²) in [5.41, 5.74) is 2.62. The lowest BCUT2D eigenvalue weighted by atomic mass is 10.0. The van der Waals surface area contributed by atoms with E-state index in [0.29, 0.717) is 10.6 Å². The molecule has 118 valence electrons. The minimum atomic E-state index is -0.705. The van der Waals surface area contributed by atoms with Crippen LogP contribution in [-0.2, 0) is 4.74 Å². The summed E-state index contributed by atoms with van der Waals surface area (Å²) in [6.45, 7) is 0. The molecular weight excluding hydrogens is 324 g/mol. The normalized spacial score (nSPS) is 10.2. The Kier molecular flexibility index (Phi) is 4.73. The Morgan fingerprint density at radius 1 is 0.625 bits per heavy atom. The Morgan fingerprint density at radius 3 is 1.62 bits per heavy atom. The molecule has 3 aromatic carbocycles. The fourth-order valence-corrected chi connectivity index (χ4v) is 2.34. The van der Waals surface area contributed by atoms with E-state index in [9.17, 15) is 9.59 Å². The first-order valence-electron chi connectivity index (χ1n) is 7.31. The van der Waals surface area contributed by atoms with E-state index in [4.69, 9.17) is 16.3 Å². The molecule has 0 saturated carbocycles. The molecule has 3 rings (SSSR count). The summed E-state index contributed by atoms with van der Waals surface area (Å²) in [6.07, 6.45) is 0. The standard InChI is InChI=1S/C20H13ClO3/c21-18-12-10-17(11-13-18)20(23)24-19(22)16-8-6-15(7-9-16)14-4-2-1-3-5-14/h1-13H. The molecule has 0 aliphatic heterocycles. The van der Waals surface area contributed by atoms with Gasteiger partial charge in [0.1, 0.15) is 0 Å². The maximum Gasteiger partial charge on any atom is 0.346 e. The molecule has 0 amide bonds. The first-order chi connectivity index (χ1) is 11.6. The first-order valence-corrected chi connectivity index (χ1v) is 7.69. The van der Waals surface area contributed by atoms with Gasteiger partial charge in [0.2, 0.25) is 0 Å². The van der Waals surface area contributed by atoms with Gasteiger partial charge in [-0.3, -0.25) is 0 Å². The smallest absolute Gasteiger partial charge is 0.346 e. The molecule has 0 N–H and O–H groups in total. The van der Waals surface area contributed by atoms with Crippen LogP contribution in [0.5, 0.6) is 0 Å². The predicted molar refractivity (Wildman–Crippen MR) is 93.1 cm³/mol. The fourth-order valence-electron chi connectivity index (χ4n) is 2.22. The molecule has 0 unspecified atom stereocenters. The SMILES string of the molecule is O=C(OC(=O)c1ccc(-c2ccccc2)cc1)c1ccc(Cl)cc1. The molecule has 0 aromatic heterocycles. The Bertz CT molecular complexity index is 854. The molecule has 24 heavy (non-hydrogen) atoms. The average Bonchev–Trinajstić information content (AvgIpc) is 2.63. The molecular formula is C20H13ClO3. The summed E-state index contributed by atoms with van der Waals surface area (Å²) in [4.78, 5) is 24.0. The fraction of sp³-hybridized carbons (Fsp3) is 0. The van der Waals surface area contributed by atoms with Gasteiger partial charge in [-0.2, -0.15) is 0 Å². The third kappa shape index (κ3) is 3.70. The molecule has 3 aromatic rings. The number of benzene rings is 3. The molecule has 0 aliphatic rings. The van der Waals surface area contributed by atoms with Crippen LogP contribution in [0.25, 0.3) is 11.1 Å². The zero-order chi connectivity index (χ0) is 16.9. The van der Waals surface area contributed by atoms with E-state index in [1.807, 2.05) is 42.5 Å². The number of carbonyl (C=O) groups excluding carboxylic acids is 2. The summed E-state index contributed by atoms with van der Waals surface area (Å²) in [7, 11) is 0. The van der Waals surface area contributed by atoms with Crippen molar-refractivity contribution in [3.8, 4) is 11.1 Å². The number of carbonyl (C=O) groups is 2. The Balaban J connectivity index is 1.71. The van der Waals surface area contributed by atoms with Crippen LogP contribution in [0, 0.1) is 0 Å². The lowest BCUT2D eigenvalue weighted by molar-refractivity contribution is 0.0398. The third-order valence-corrected chi connectivity index (χ3v) is 3.75. The van der Waals surface area contributed by atoms with E-state index < -0.39 is 11.9 Å². The average molecular weight is 337 g/mol. The van der Waals surface area contributed by atoms with E-state index in [1.54, 1.807) is 24.3 Å². The molecule has 0 spiro atoms. The van der Waals surface area contributed by atoms with Crippen molar-refractivity contribution in [1.29, 1.82) is 0 Å². The van der Waals surface area contributed by atoms with Crippen molar-refractivity contribution in [3.63, 3.8) is 0 Å². The van der Waals surface area contributed by atoms with Gasteiger partial charge in [0.25, 0.3) is 0 Å².